The lowest BCUT2D eigenvalue weighted by Crippen LogP contribution is -2.48. The van der Waals surface area contributed by atoms with Crippen molar-refractivity contribution < 1.29 is 0 Å². The Hall–Kier alpha value is -2.88. The van der Waals surface area contributed by atoms with E-state index in [0.717, 1.165) is 0 Å². The third-order valence-corrected chi connectivity index (χ3v) is 6.67. The van der Waals surface area contributed by atoms with Gasteiger partial charge in [0.1, 0.15) is 6.17 Å². The van der Waals surface area contributed by atoms with E-state index in [4.69, 9.17) is 0 Å². The molecule has 0 bridgehead atoms. The van der Waals surface area contributed by atoms with Crippen LogP contribution in [0.4, 0.5) is 28.4 Å². The molecule has 3 aromatic carbocycles. The van der Waals surface area contributed by atoms with Crippen LogP contribution in [-0.4, -0.2) is 27.0 Å². The van der Waals surface area contributed by atoms with Gasteiger partial charge in [0, 0.05) is 31.2 Å². The largest absolute Gasteiger partial charge is 0.353 e. The molecule has 0 N–H and O–H groups in total. The number of fused-ring (bicyclic) bond motifs is 3. The molecule has 0 fully saturated rings. The molecule has 0 aromatic heterocycles. The van der Waals surface area contributed by atoms with Gasteiger partial charge in [0.05, 0.1) is 11.4 Å². The van der Waals surface area contributed by atoms with Crippen LogP contribution < -0.4 is 25.6 Å². The zero-order chi connectivity index (χ0) is 19.6. The summed E-state index contributed by atoms with van der Waals surface area (Å²) in [6.45, 7) is 7.20. The van der Waals surface area contributed by atoms with Crippen molar-refractivity contribution in [3.05, 3.63) is 66.2 Å². The van der Waals surface area contributed by atoms with E-state index in [1.54, 1.807) is 0 Å². The van der Waals surface area contributed by atoms with Crippen molar-refractivity contribution in [3.63, 3.8) is 0 Å². The molecule has 0 amide bonds. The molecule has 2 aliphatic rings. The van der Waals surface area contributed by atoms with Crippen molar-refractivity contribution in [1.29, 1.82) is 0 Å². The molecule has 0 spiro atoms. The van der Waals surface area contributed by atoms with Gasteiger partial charge >= 0.3 is 0 Å². The first-order valence-electron chi connectivity index (χ1n) is 10.1. The van der Waals surface area contributed by atoms with Crippen molar-refractivity contribution in [2.75, 3.05) is 28.8 Å². The number of benzene rings is 3. The minimum atomic E-state index is 0.281. The van der Waals surface area contributed by atoms with Gasteiger partial charge < -0.3 is 14.7 Å². The Kier molecular flexibility index (Phi) is 3.73. The Morgan fingerprint density at radius 3 is 2.18 bits per heavy atom. The van der Waals surface area contributed by atoms with E-state index in [9.17, 15) is 0 Å². The summed E-state index contributed by atoms with van der Waals surface area (Å²) in [7, 11) is 4.40. The van der Waals surface area contributed by atoms with Crippen LogP contribution in [0.15, 0.2) is 60.7 Å². The minimum absolute atomic E-state index is 0.281. The fraction of sp³-hybridized carbons (Fsp3) is 0.250. The Labute approximate surface area is 168 Å². The van der Waals surface area contributed by atoms with Gasteiger partial charge in [-0.15, -0.1) is 0 Å². The first kappa shape index (κ1) is 17.2. The number of para-hydroxylation sites is 2. The van der Waals surface area contributed by atoms with Gasteiger partial charge in [0.2, 0.25) is 6.71 Å². The molecule has 0 radical (unpaired) electrons. The van der Waals surface area contributed by atoms with Crippen LogP contribution in [0.25, 0.3) is 0 Å². The van der Waals surface area contributed by atoms with E-state index in [-0.39, 0.29) is 6.17 Å². The fourth-order valence-electron chi connectivity index (χ4n) is 4.89. The van der Waals surface area contributed by atoms with Gasteiger partial charge in [-0.1, -0.05) is 48.7 Å². The first-order chi connectivity index (χ1) is 13.5. The monoisotopic (exact) mass is 367 g/mol. The Morgan fingerprint density at radius 1 is 0.750 bits per heavy atom. The van der Waals surface area contributed by atoms with Crippen LogP contribution in [0.2, 0.25) is 6.82 Å². The predicted octanol–water partition coefficient (Wildman–Crippen LogP) is 4.25. The zero-order valence-electron chi connectivity index (χ0n) is 17.3. The van der Waals surface area contributed by atoms with E-state index in [1.807, 2.05) is 0 Å². The second-order valence-corrected chi connectivity index (χ2v) is 8.14. The second-order valence-electron chi connectivity index (χ2n) is 8.14. The molecule has 140 valence electrons. The van der Waals surface area contributed by atoms with Crippen molar-refractivity contribution in [2.45, 2.75) is 26.8 Å². The molecule has 3 nitrogen and oxygen atoms in total. The predicted molar refractivity (Wildman–Crippen MR) is 123 cm³/mol. The normalized spacial score (nSPS) is 17.5. The summed E-state index contributed by atoms with van der Waals surface area (Å²) in [4.78, 5) is 7.23. The first-order valence-corrected chi connectivity index (χ1v) is 10.1. The van der Waals surface area contributed by atoms with Gasteiger partial charge in [0.25, 0.3) is 0 Å². The summed E-state index contributed by atoms with van der Waals surface area (Å²) in [6.07, 6.45) is 0.281. The third kappa shape index (κ3) is 2.24. The van der Waals surface area contributed by atoms with Gasteiger partial charge in [-0.05, 0) is 49.1 Å². The van der Waals surface area contributed by atoms with E-state index >= 15 is 0 Å². The summed E-state index contributed by atoms with van der Waals surface area (Å²) in [5.41, 5.74) is 10.6. The number of rotatable bonds is 1. The second kappa shape index (κ2) is 6.06. The third-order valence-electron chi connectivity index (χ3n) is 6.67. The molecule has 5 rings (SSSR count). The lowest BCUT2D eigenvalue weighted by atomic mass is 9.40. The van der Waals surface area contributed by atoms with Crippen molar-refractivity contribution in [3.8, 4) is 0 Å². The highest BCUT2D eigenvalue weighted by molar-refractivity contribution is 6.87. The number of aryl methyl sites for hydroxylation is 1. The Morgan fingerprint density at radius 2 is 1.43 bits per heavy atom. The summed E-state index contributed by atoms with van der Waals surface area (Å²) in [5, 5.41) is 0. The van der Waals surface area contributed by atoms with E-state index in [0.29, 0.717) is 6.71 Å². The molecule has 0 unspecified atom stereocenters. The molecular weight excluding hydrogens is 341 g/mol. The van der Waals surface area contributed by atoms with E-state index in [1.165, 1.54) is 44.9 Å². The molecule has 28 heavy (non-hydrogen) atoms. The van der Waals surface area contributed by atoms with Crippen molar-refractivity contribution in [2.24, 2.45) is 0 Å². The highest BCUT2D eigenvalue weighted by Gasteiger charge is 2.36. The van der Waals surface area contributed by atoms with Crippen LogP contribution in [0, 0.1) is 6.92 Å². The van der Waals surface area contributed by atoms with Crippen LogP contribution in [0.5, 0.6) is 0 Å². The SMILES string of the molecule is CB1c2ccccc2N(C)c2cc3c(cc21)N(C)[C@H](C)N3c1ccccc1C. The highest BCUT2D eigenvalue weighted by atomic mass is 15.4. The average molecular weight is 367 g/mol. The van der Waals surface area contributed by atoms with Crippen LogP contribution >= 0.6 is 0 Å². The van der Waals surface area contributed by atoms with Gasteiger partial charge in [-0.2, -0.15) is 0 Å². The molecule has 0 saturated heterocycles. The smallest absolute Gasteiger partial charge is 0.211 e. The van der Waals surface area contributed by atoms with Crippen molar-refractivity contribution in [1.82, 2.24) is 0 Å². The zero-order valence-corrected chi connectivity index (χ0v) is 17.3. The summed E-state index contributed by atoms with van der Waals surface area (Å²) in [6, 6.07) is 22.3. The van der Waals surface area contributed by atoms with Crippen LogP contribution in [-0.2, 0) is 0 Å². The number of hydrogen-bond donors (Lipinski definition) is 0. The Balaban J connectivity index is 1.72. The molecular formula is C24H26BN3. The number of hydrogen-bond acceptors (Lipinski definition) is 3. The fourth-order valence-corrected chi connectivity index (χ4v) is 4.89. The molecule has 4 heteroatoms. The highest BCUT2D eigenvalue weighted by Crippen LogP contribution is 2.46. The summed E-state index contributed by atoms with van der Waals surface area (Å²) in [5.74, 6) is 0. The minimum Gasteiger partial charge on any atom is -0.353 e. The summed E-state index contributed by atoms with van der Waals surface area (Å²) >= 11 is 0. The van der Waals surface area contributed by atoms with Crippen molar-refractivity contribution >= 4 is 46.1 Å². The molecule has 2 aliphatic heterocycles. The maximum absolute atomic E-state index is 2.48. The maximum atomic E-state index is 2.48. The van der Waals surface area contributed by atoms with Gasteiger partial charge in [-0.25, -0.2) is 0 Å². The van der Waals surface area contributed by atoms with Gasteiger partial charge in [0.15, 0.2) is 0 Å². The molecule has 1 atom stereocenters. The maximum Gasteiger partial charge on any atom is 0.211 e. The van der Waals surface area contributed by atoms with E-state index < -0.39 is 0 Å². The lowest BCUT2D eigenvalue weighted by Gasteiger charge is -2.34. The lowest BCUT2D eigenvalue weighted by molar-refractivity contribution is 0.733. The standard InChI is InChI=1S/C24H26BN3/c1-16-10-6-8-12-20(16)28-17(2)26(4)23-14-19-22(15-24(23)28)27(5)21-13-9-7-11-18(21)25(19)3/h6-15,17H,1-5H3/t17-/m0/s1. The van der Waals surface area contributed by atoms with Crippen LogP contribution in [0.1, 0.15) is 12.5 Å². The quantitative estimate of drug-likeness (QED) is 0.596. The topological polar surface area (TPSA) is 9.72 Å². The molecule has 0 saturated carbocycles. The van der Waals surface area contributed by atoms with Crippen LogP contribution in [0.3, 0.4) is 0 Å². The van der Waals surface area contributed by atoms with E-state index in [2.05, 4.69) is 110 Å². The Bertz CT molecular complexity index is 1080. The number of anilines is 5. The van der Waals surface area contributed by atoms with Gasteiger partial charge in [-0.3, -0.25) is 0 Å². The average Bonchev–Trinajstić information content (AvgIpc) is 2.95. The molecule has 3 aromatic rings. The molecule has 2 heterocycles. The summed E-state index contributed by atoms with van der Waals surface area (Å²) < 4.78 is 0. The number of nitrogens with zero attached hydrogens (tertiary/aromatic N) is 3. The molecule has 0 aliphatic carbocycles.